The molecule has 0 aromatic carbocycles. The molecule has 4 heteroatoms. The Morgan fingerprint density at radius 1 is 1.89 bits per heavy atom. The zero-order valence-electron chi connectivity index (χ0n) is 5.13. The van der Waals surface area contributed by atoms with Crippen LogP contribution in [0.2, 0.25) is 0 Å². The molecule has 3 nitrogen and oxygen atoms in total. The van der Waals surface area contributed by atoms with Gasteiger partial charge in [-0.25, -0.2) is 0 Å². The average Bonchev–Trinajstić information content (AvgIpc) is 1.87. The maximum absolute atomic E-state index is 10.4. The third-order valence-corrected chi connectivity index (χ3v) is 1.82. The van der Waals surface area contributed by atoms with Crippen molar-refractivity contribution >= 4 is 28.6 Å². The third-order valence-electron chi connectivity index (χ3n) is 0.808. The van der Waals surface area contributed by atoms with E-state index in [1.807, 2.05) is 22.6 Å². The van der Waals surface area contributed by atoms with Crippen molar-refractivity contribution < 1.29 is 14.6 Å². The number of aliphatic hydroxyl groups excluding tert-OH is 1. The zero-order chi connectivity index (χ0) is 7.28. The van der Waals surface area contributed by atoms with E-state index in [1.54, 1.807) is 0 Å². The lowest BCUT2D eigenvalue weighted by Crippen LogP contribution is -2.15. The number of aliphatic hydroxyl groups is 1. The first kappa shape index (κ1) is 9.16. The number of methoxy groups -OCH3 is 1. The van der Waals surface area contributed by atoms with Crippen molar-refractivity contribution in [3.05, 3.63) is 0 Å². The molecule has 0 aliphatic rings. The van der Waals surface area contributed by atoms with E-state index in [0.717, 1.165) is 0 Å². The monoisotopic (exact) mass is 244 g/mol. The molecule has 9 heavy (non-hydrogen) atoms. The van der Waals surface area contributed by atoms with Crippen molar-refractivity contribution in [2.24, 2.45) is 0 Å². The summed E-state index contributed by atoms with van der Waals surface area (Å²) >= 11 is 2.01. The van der Waals surface area contributed by atoms with Crippen LogP contribution in [0.25, 0.3) is 0 Å². The smallest absolute Gasteiger partial charge is 0.308 e. The van der Waals surface area contributed by atoms with E-state index in [9.17, 15) is 4.79 Å². The minimum atomic E-state index is -0.557. The molecule has 0 amide bonds. The second kappa shape index (κ2) is 4.99. The van der Waals surface area contributed by atoms with Crippen LogP contribution in [0.3, 0.4) is 0 Å². The number of carbonyl (C=O) groups is 1. The van der Waals surface area contributed by atoms with Gasteiger partial charge in [0.15, 0.2) is 0 Å². The zero-order valence-corrected chi connectivity index (χ0v) is 7.29. The number of hydrogen-bond donors (Lipinski definition) is 1. The molecular formula is C5H9IO3. The van der Waals surface area contributed by atoms with E-state index < -0.39 is 6.10 Å². The fourth-order valence-corrected chi connectivity index (χ4v) is 0.642. The quantitative estimate of drug-likeness (QED) is 0.442. The summed E-state index contributed by atoms with van der Waals surface area (Å²) in [6.45, 7) is 0. The van der Waals surface area contributed by atoms with Crippen LogP contribution in [-0.4, -0.2) is 28.7 Å². The maximum atomic E-state index is 10.4. The van der Waals surface area contributed by atoms with Gasteiger partial charge in [-0.1, -0.05) is 22.6 Å². The van der Waals surface area contributed by atoms with E-state index in [1.165, 1.54) is 7.11 Å². The standard InChI is InChI=1S/C5H9IO3/c1-9-5(8)2-4(7)3-6/h4,7H,2-3H2,1H3/t4-/m1/s1. The minimum Gasteiger partial charge on any atom is -0.469 e. The molecule has 1 N–H and O–H groups in total. The first-order chi connectivity index (χ1) is 4.20. The van der Waals surface area contributed by atoms with Gasteiger partial charge >= 0.3 is 5.97 Å². The van der Waals surface area contributed by atoms with Gasteiger partial charge in [0.2, 0.25) is 0 Å². The lowest BCUT2D eigenvalue weighted by molar-refractivity contribution is -0.142. The second-order valence-corrected chi connectivity index (χ2v) is 2.47. The molecule has 0 radical (unpaired) electrons. The summed E-state index contributed by atoms with van der Waals surface area (Å²) < 4.78 is 4.88. The SMILES string of the molecule is COC(=O)C[C@@H](O)CI. The first-order valence-corrected chi connectivity index (χ1v) is 4.04. The number of carbonyl (C=O) groups excluding carboxylic acids is 1. The number of alkyl halides is 1. The summed E-state index contributed by atoms with van der Waals surface area (Å²) in [5.41, 5.74) is 0. The fourth-order valence-electron chi connectivity index (χ4n) is 0.330. The summed E-state index contributed by atoms with van der Waals surface area (Å²) in [6.07, 6.45) is -0.461. The molecule has 0 unspecified atom stereocenters. The van der Waals surface area contributed by atoms with E-state index in [-0.39, 0.29) is 12.4 Å². The number of ether oxygens (including phenoxy) is 1. The molecule has 0 aliphatic carbocycles. The Hall–Kier alpha value is 0.160. The van der Waals surface area contributed by atoms with E-state index in [2.05, 4.69) is 4.74 Å². The minimum absolute atomic E-state index is 0.0967. The van der Waals surface area contributed by atoms with Gasteiger partial charge in [0.1, 0.15) is 0 Å². The van der Waals surface area contributed by atoms with Crippen molar-refractivity contribution in [1.82, 2.24) is 0 Å². The topological polar surface area (TPSA) is 46.5 Å². The van der Waals surface area contributed by atoms with Gasteiger partial charge < -0.3 is 9.84 Å². The highest BCUT2D eigenvalue weighted by Gasteiger charge is 2.07. The lowest BCUT2D eigenvalue weighted by atomic mass is 10.3. The van der Waals surface area contributed by atoms with Crippen LogP contribution in [-0.2, 0) is 9.53 Å². The Labute approximate surface area is 67.5 Å². The predicted octanol–water partition coefficient (Wildman–Crippen LogP) is 0.345. The van der Waals surface area contributed by atoms with Gasteiger partial charge in [0.25, 0.3) is 0 Å². The summed E-state index contributed by atoms with van der Waals surface area (Å²) in [5.74, 6) is -0.362. The summed E-state index contributed by atoms with van der Waals surface area (Å²) in [7, 11) is 1.31. The number of esters is 1. The Morgan fingerprint density at radius 3 is 2.78 bits per heavy atom. The highest BCUT2D eigenvalue weighted by Crippen LogP contribution is 1.97. The third kappa shape index (κ3) is 4.65. The van der Waals surface area contributed by atoms with Crippen LogP contribution in [0.1, 0.15) is 6.42 Å². The van der Waals surface area contributed by atoms with Gasteiger partial charge in [0.05, 0.1) is 19.6 Å². The Balaban J connectivity index is 3.34. The van der Waals surface area contributed by atoms with E-state index in [0.29, 0.717) is 4.43 Å². The largest absolute Gasteiger partial charge is 0.469 e. The Bertz CT molecular complexity index is 94.2. The first-order valence-electron chi connectivity index (χ1n) is 2.51. The average molecular weight is 244 g/mol. The molecule has 0 saturated carbocycles. The Morgan fingerprint density at radius 2 is 2.44 bits per heavy atom. The van der Waals surface area contributed by atoms with Crippen LogP contribution in [0.5, 0.6) is 0 Å². The molecular weight excluding hydrogens is 235 g/mol. The van der Waals surface area contributed by atoms with Crippen molar-refractivity contribution in [2.75, 3.05) is 11.5 Å². The number of hydrogen-bond acceptors (Lipinski definition) is 3. The molecule has 0 aromatic rings. The van der Waals surface area contributed by atoms with Crippen molar-refractivity contribution in [1.29, 1.82) is 0 Å². The van der Waals surface area contributed by atoms with Crippen LogP contribution < -0.4 is 0 Å². The molecule has 0 bridgehead atoms. The molecule has 0 aromatic heterocycles. The van der Waals surface area contributed by atoms with Crippen LogP contribution >= 0.6 is 22.6 Å². The molecule has 1 atom stereocenters. The van der Waals surface area contributed by atoms with Gasteiger partial charge in [-0.2, -0.15) is 0 Å². The molecule has 0 fully saturated rings. The normalized spacial score (nSPS) is 12.8. The van der Waals surface area contributed by atoms with Crippen molar-refractivity contribution in [2.45, 2.75) is 12.5 Å². The predicted molar refractivity (Wildman–Crippen MR) is 41.5 cm³/mol. The fraction of sp³-hybridized carbons (Fsp3) is 0.800. The second-order valence-electron chi connectivity index (χ2n) is 1.59. The molecule has 0 rings (SSSR count). The molecule has 0 heterocycles. The van der Waals surface area contributed by atoms with Crippen molar-refractivity contribution in [3.8, 4) is 0 Å². The highest BCUT2D eigenvalue weighted by atomic mass is 127. The van der Waals surface area contributed by atoms with Crippen LogP contribution in [0, 0.1) is 0 Å². The number of halogens is 1. The molecule has 0 aliphatic heterocycles. The van der Waals surface area contributed by atoms with Gasteiger partial charge in [-0.3, -0.25) is 4.79 Å². The summed E-state index contributed by atoms with van der Waals surface area (Å²) in [6, 6.07) is 0. The summed E-state index contributed by atoms with van der Waals surface area (Å²) in [5, 5.41) is 8.85. The lowest BCUT2D eigenvalue weighted by Gasteiger charge is -2.02. The van der Waals surface area contributed by atoms with Gasteiger partial charge in [0, 0.05) is 4.43 Å². The summed E-state index contributed by atoms with van der Waals surface area (Å²) in [4.78, 5) is 10.4. The van der Waals surface area contributed by atoms with E-state index in [4.69, 9.17) is 5.11 Å². The molecule has 0 saturated heterocycles. The van der Waals surface area contributed by atoms with Crippen LogP contribution in [0.4, 0.5) is 0 Å². The van der Waals surface area contributed by atoms with Gasteiger partial charge in [-0.15, -0.1) is 0 Å². The maximum Gasteiger partial charge on any atom is 0.308 e. The Kier molecular flexibility index (Phi) is 5.07. The van der Waals surface area contributed by atoms with E-state index >= 15 is 0 Å². The van der Waals surface area contributed by atoms with Crippen molar-refractivity contribution in [3.63, 3.8) is 0 Å². The number of rotatable bonds is 3. The van der Waals surface area contributed by atoms with Gasteiger partial charge in [-0.05, 0) is 0 Å². The molecule has 54 valence electrons. The highest BCUT2D eigenvalue weighted by molar-refractivity contribution is 14.1. The molecule has 0 spiro atoms. The van der Waals surface area contributed by atoms with Crippen LogP contribution in [0.15, 0.2) is 0 Å².